The molecule has 0 bridgehead atoms. The molecule has 1 atom stereocenters. The fourth-order valence-electron chi connectivity index (χ4n) is 1.33. The molecule has 5 heteroatoms. The van der Waals surface area contributed by atoms with Crippen LogP contribution in [-0.4, -0.2) is 20.4 Å². The van der Waals surface area contributed by atoms with Crippen LogP contribution in [0.4, 0.5) is 0 Å². The van der Waals surface area contributed by atoms with Gasteiger partial charge in [-0.3, -0.25) is 4.98 Å². The van der Waals surface area contributed by atoms with Gasteiger partial charge in [-0.15, -0.1) is 0 Å². The largest absolute Gasteiger partial charge is 0.411 e. The number of nitrogens with zero attached hydrogens (tertiary/aromatic N) is 1. The van der Waals surface area contributed by atoms with Crippen molar-refractivity contribution in [2.45, 2.75) is 51.7 Å². The number of hydrogen-bond donors (Lipinski definition) is 1. The molecule has 0 aromatic carbocycles. The third kappa shape index (κ3) is 4.38. The normalized spacial score (nSPS) is 14.5. The van der Waals surface area contributed by atoms with E-state index in [-0.39, 0.29) is 5.04 Å². The zero-order valence-electron chi connectivity index (χ0n) is 12.9. The Kier molecular flexibility index (Phi) is 5.26. The number of aromatic nitrogens is 1. The highest BCUT2D eigenvalue weighted by Crippen LogP contribution is 2.36. The van der Waals surface area contributed by atoms with Crippen molar-refractivity contribution in [1.82, 2.24) is 4.98 Å². The van der Waals surface area contributed by atoms with E-state index in [1.807, 2.05) is 18.2 Å². The van der Waals surface area contributed by atoms with Crippen LogP contribution in [-0.2, 0) is 15.8 Å². The lowest BCUT2D eigenvalue weighted by Crippen LogP contribution is -2.40. The van der Waals surface area contributed by atoms with Crippen molar-refractivity contribution >= 4 is 8.32 Å². The second-order valence-electron chi connectivity index (χ2n) is 6.26. The summed E-state index contributed by atoms with van der Waals surface area (Å²) >= 11 is 0. The number of hydrogen-bond acceptors (Lipinski definition) is 4. The van der Waals surface area contributed by atoms with Crippen LogP contribution in [0.25, 0.3) is 0 Å². The molecule has 0 spiro atoms. The lowest BCUT2D eigenvalue weighted by atomic mass is 10.2. The minimum atomic E-state index is -1.74. The van der Waals surface area contributed by atoms with E-state index in [9.17, 15) is 0 Å². The van der Waals surface area contributed by atoms with Crippen molar-refractivity contribution in [2.75, 3.05) is 7.11 Å². The quantitative estimate of drug-likeness (QED) is 0.665. The van der Waals surface area contributed by atoms with Gasteiger partial charge in [0.2, 0.25) is 0 Å². The summed E-state index contributed by atoms with van der Waals surface area (Å²) in [7, 11) is -0.169. The zero-order valence-corrected chi connectivity index (χ0v) is 13.9. The molecule has 1 rings (SSSR count). The second-order valence-corrected chi connectivity index (χ2v) is 11.1. The molecular weight excluding hydrogens is 256 g/mol. The van der Waals surface area contributed by atoms with Crippen LogP contribution in [0.2, 0.25) is 18.1 Å². The topological polar surface area (TPSA) is 57.4 Å². The molecular formula is C14H26N2O2Si. The van der Waals surface area contributed by atoms with Crippen LogP contribution in [0, 0.1) is 0 Å². The molecule has 1 heterocycles. The Labute approximate surface area is 117 Å². The molecule has 0 saturated heterocycles. The lowest BCUT2D eigenvalue weighted by molar-refractivity contribution is 0.105. The molecule has 4 nitrogen and oxygen atoms in total. The van der Waals surface area contributed by atoms with Crippen molar-refractivity contribution in [3.05, 3.63) is 29.6 Å². The first-order valence-corrected chi connectivity index (χ1v) is 9.46. The highest BCUT2D eigenvalue weighted by Gasteiger charge is 2.37. The molecule has 108 valence electrons. The molecule has 0 radical (unpaired) electrons. The number of ether oxygens (including phenoxy) is 1. The van der Waals surface area contributed by atoms with E-state index in [1.54, 1.807) is 7.11 Å². The van der Waals surface area contributed by atoms with Crippen LogP contribution in [0.3, 0.4) is 0 Å². The summed E-state index contributed by atoms with van der Waals surface area (Å²) in [5, 5.41) is 0.202. The van der Waals surface area contributed by atoms with Gasteiger partial charge in [-0.25, -0.2) is 0 Å². The fourth-order valence-corrected chi connectivity index (χ4v) is 2.27. The number of pyridine rings is 1. The second kappa shape index (κ2) is 6.13. The summed E-state index contributed by atoms with van der Waals surface area (Å²) in [6.45, 7) is 11.7. The lowest BCUT2D eigenvalue weighted by Gasteiger charge is -2.36. The van der Waals surface area contributed by atoms with Crippen LogP contribution < -0.4 is 5.73 Å². The number of nitrogens with two attached hydrogens (primary N) is 1. The van der Waals surface area contributed by atoms with Crippen LogP contribution in [0.1, 0.15) is 38.4 Å². The van der Waals surface area contributed by atoms with E-state index in [0.717, 1.165) is 11.4 Å². The van der Waals surface area contributed by atoms with Crippen LogP contribution in [0.15, 0.2) is 18.2 Å². The Morgan fingerprint density at radius 3 is 2.47 bits per heavy atom. The van der Waals surface area contributed by atoms with E-state index in [0.29, 0.717) is 6.61 Å². The van der Waals surface area contributed by atoms with Gasteiger partial charge in [0, 0.05) is 7.11 Å². The van der Waals surface area contributed by atoms with E-state index in [1.165, 1.54) is 0 Å². The van der Waals surface area contributed by atoms with Crippen molar-refractivity contribution in [3.8, 4) is 0 Å². The maximum absolute atomic E-state index is 6.14. The van der Waals surface area contributed by atoms with Gasteiger partial charge >= 0.3 is 0 Å². The maximum atomic E-state index is 6.14. The third-order valence-electron chi connectivity index (χ3n) is 3.76. The van der Waals surface area contributed by atoms with Gasteiger partial charge in [0.25, 0.3) is 0 Å². The van der Waals surface area contributed by atoms with Crippen molar-refractivity contribution in [2.24, 2.45) is 5.73 Å². The summed E-state index contributed by atoms with van der Waals surface area (Å²) in [6.07, 6.45) is -0.479. The van der Waals surface area contributed by atoms with E-state index >= 15 is 0 Å². The molecule has 0 aliphatic carbocycles. The highest BCUT2D eigenvalue weighted by atomic mass is 28.4. The minimum absolute atomic E-state index is 0.202. The summed E-state index contributed by atoms with van der Waals surface area (Å²) in [5.74, 6) is 0. The van der Waals surface area contributed by atoms with Gasteiger partial charge in [0.15, 0.2) is 8.32 Å². The van der Waals surface area contributed by atoms with E-state index in [2.05, 4.69) is 38.8 Å². The van der Waals surface area contributed by atoms with Gasteiger partial charge in [-0.2, -0.15) is 0 Å². The van der Waals surface area contributed by atoms with Crippen molar-refractivity contribution in [1.29, 1.82) is 0 Å². The van der Waals surface area contributed by atoms with Gasteiger partial charge in [-0.05, 0) is 30.3 Å². The number of rotatable bonds is 5. The molecule has 1 aromatic rings. The Hall–Kier alpha value is -0.753. The van der Waals surface area contributed by atoms with Gasteiger partial charge in [0.05, 0.1) is 18.0 Å². The summed E-state index contributed by atoms with van der Waals surface area (Å²) in [5.41, 5.74) is 7.43. The minimum Gasteiger partial charge on any atom is -0.411 e. The SMILES string of the molecule is CO[C@@H](N)c1cccc(CO[Si](C)(C)C(C)(C)C)n1. The molecule has 0 amide bonds. The van der Waals surface area contributed by atoms with Gasteiger partial charge < -0.3 is 14.9 Å². The average Bonchev–Trinajstić information content (AvgIpc) is 2.34. The van der Waals surface area contributed by atoms with Crippen LogP contribution in [0.5, 0.6) is 0 Å². The molecule has 0 aliphatic heterocycles. The summed E-state index contributed by atoms with van der Waals surface area (Å²) in [4.78, 5) is 4.48. The molecule has 1 aromatic heterocycles. The Balaban J connectivity index is 2.74. The zero-order chi connectivity index (χ0) is 14.7. The standard InChI is InChI=1S/C14H26N2O2Si/c1-14(2,3)19(5,6)18-10-11-8-7-9-12(16-11)13(15)17-4/h7-9,13H,10,15H2,1-6H3/t13-/m1/s1. The van der Waals surface area contributed by atoms with Crippen LogP contribution >= 0.6 is 0 Å². The maximum Gasteiger partial charge on any atom is 0.192 e. The third-order valence-corrected chi connectivity index (χ3v) is 8.24. The van der Waals surface area contributed by atoms with Gasteiger partial charge in [-0.1, -0.05) is 26.8 Å². The molecule has 0 saturated carbocycles. The molecule has 0 aliphatic rings. The molecule has 19 heavy (non-hydrogen) atoms. The molecule has 2 N–H and O–H groups in total. The first kappa shape index (κ1) is 16.3. The van der Waals surface area contributed by atoms with Gasteiger partial charge in [0.1, 0.15) is 6.23 Å². The smallest absolute Gasteiger partial charge is 0.192 e. The van der Waals surface area contributed by atoms with E-state index < -0.39 is 14.5 Å². The molecule has 0 unspecified atom stereocenters. The number of methoxy groups -OCH3 is 1. The van der Waals surface area contributed by atoms with Crippen molar-refractivity contribution in [3.63, 3.8) is 0 Å². The Morgan fingerprint density at radius 1 is 1.32 bits per heavy atom. The summed E-state index contributed by atoms with van der Waals surface area (Å²) < 4.78 is 11.2. The van der Waals surface area contributed by atoms with Crippen molar-refractivity contribution < 1.29 is 9.16 Å². The first-order chi connectivity index (χ1) is 8.67. The Morgan fingerprint density at radius 2 is 1.95 bits per heavy atom. The Bertz CT molecular complexity index is 416. The predicted molar refractivity (Wildman–Crippen MR) is 80.2 cm³/mol. The predicted octanol–water partition coefficient (Wildman–Crippen LogP) is 3.21. The summed E-state index contributed by atoms with van der Waals surface area (Å²) in [6, 6.07) is 5.76. The fraction of sp³-hybridized carbons (Fsp3) is 0.643. The first-order valence-electron chi connectivity index (χ1n) is 6.55. The average molecular weight is 282 g/mol. The monoisotopic (exact) mass is 282 g/mol. The highest BCUT2D eigenvalue weighted by molar-refractivity contribution is 6.74. The molecule has 0 fully saturated rings. The van der Waals surface area contributed by atoms with E-state index in [4.69, 9.17) is 14.9 Å².